The molecular weight excluding hydrogens is 340 g/mol. The SMILES string of the molecule is Cc1ccc(-c2ccc(N3CCN(C(=O)C4CCCO4)CC3)nn2)c(C)c1. The standard InChI is InChI=1S/C21H26N4O2/c1-15-5-6-17(16(2)14-15)18-7-8-20(23-22-18)24-9-11-25(12-10-24)21(26)19-4-3-13-27-19/h5-8,14,19H,3-4,9-13H2,1-2H3. The maximum atomic E-state index is 12.5. The molecule has 0 N–H and O–H groups in total. The van der Waals surface area contributed by atoms with E-state index in [9.17, 15) is 4.79 Å². The van der Waals surface area contributed by atoms with E-state index in [1.165, 1.54) is 11.1 Å². The number of carbonyl (C=O) groups excluding carboxylic acids is 1. The van der Waals surface area contributed by atoms with Crippen molar-refractivity contribution in [3.8, 4) is 11.3 Å². The van der Waals surface area contributed by atoms with Crippen molar-refractivity contribution in [1.82, 2.24) is 15.1 Å². The minimum absolute atomic E-state index is 0.142. The van der Waals surface area contributed by atoms with Gasteiger partial charge in [0.15, 0.2) is 5.82 Å². The molecule has 4 rings (SSSR count). The maximum absolute atomic E-state index is 12.5. The minimum atomic E-state index is -0.228. The second kappa shape index (κ2) is 7.64. The molecule has 6 heteroatoms. The van der Waals surface area contributed by atoms with E-state index in [4.69, 9.17) is 4.74 Å². The van der Waals surface area contributed by atoms with E-state index in [2.05, 4.69) is 47.1 Å². The Labute approximate surface area is 160 Å². The molecule has 6 nitrogen and oxygen atoms in total. The zero-order chi connectivity index (χ0) is 18.8. The summed E-state index contributed by atoms with van der Waals surface area (Å²) in [6.07, 6.45) is 1.61. The summed E-state index contributed by atoms with van der Waals surface area (Å²) in [6.45, 7) is 7.86. The number of aromatic nitrogens is 2. The van der Waals surface area contributed by atoms with Crippen molar-refractivity contribution < 1.29 is 9.53 Å². The van der Waals surface area contributed by atoms with Crippen LogP contribution in [0.5, 0.6) is 0 Å². The number of carbonyl (C=O) groups is 1. The molecule has 27 heavy (non-hydrogen) atoms. The minimum Gasteiger partial charge on any atom is -0.368 e. The summed E-state index contributed by atoms with van der Waals surface area (Å²) < 4.78 is 5.52. The van der Waals surface area contributed by atoms with Gasteiger partial charge in [0.2, 0.25) is 0 Å². The smallest absolute Gasteiger partial charge is 0.251 e. The molecule has 0 radical (unpaired) electrons. The van der Waals surface area contributed by atoms with E-state index < -0.39 is 0 Å². The van der Waals surface area contributed by atoms with Crippen LogP contribution < -0.4 is 4.90 Å². The third-order valence-corrected chi connectivity index (χ3v) is 5.43. The van der Waals surface area contributed by atoms with Crippen molar-refractivity contribution in [3.63, 3.8) is 0 Å². The molecule has 3 heterocycles. The van der Waals surface area contributed by atoms with E-state index in [1.807, 2.05) is 17.0 Å². The van der Waals surface area contributed by atoms with Gasteiger partial charge in [0.05, 0.1) is 5.69 Å². The van der Waals surface area contributed by atoms with Crippen LogP contribution in [-0.4, -0.2) is 59.9 Å². The molecule has 2 saturated heterocycles. The third kappa shape index (κ3) is 3.81. The van der Waals surface area contributed by atoms with Gasteiger partial charge in [0.25, 0.3) is 5.91 Å². The number of piperazine rings is 1. The molecule has 0 saturated carbocycles. The summed E-state index contributed by atoms with van der Waals surface area (Å²) in [7, 11) is 0. The van der Waals surface area contributed by atoms with E-state index in [-0.39, 0.29) is 12.0 Å². The lowest BCUT2D eigenvalue weighted by Gasteiger charge is -2.36. The second-order valence-corrected chi connectivity index (χ2v) is 7.41. The number of aryl methyl sites for hydroxylation is 2. The quantitative estimate of drug-likeness (QED) is 0.836. The van der Waals surface area contributed by atoms with Crippen LogP contribution in [0.4, 0.5) is 5.82 Å². The molecule has 1 aromatic carbocycles. The van der Waals surface area contributed by atoms with Gasteiger partial charge >= 0.3 is 0 Å². The lowest BCUT2D eigenvalue weighted by Crippen LogP contribution is -2.51. The van der Waals surface area contributed by atoms with Gasteiger partial charge in [0.1, 0.15) is 6.10 Å². The Kier molecular flexibility index (Phi) is 5.07. The highest BCUT2D eigenvalue weighted by Crippen LogP contribution is 2.24. The third-order valence-electron chi connectivity index (χ3n) is 5.43. The fourth-order valence-corrected chi connectivity index (χ4v) is 3.87. The van der Waals surface area contributed by atoms with Crippen LogP contribution in [-0.2, 0) is 9.53 Å². The van der Waals surface area contributed by atoms with E-state index in [0.717, 1.165) is 43.0 Å². The van der Waals surface area contributed by atoms with Gasteiger partial charge in [-0.2, -0.15) is 0 Å². The Hall–Kier alpha value is -2.47. The molecular formula is C21H26N4O2. The average molecular weight is 366 g/mol. The largest absolute Gasteiger partial charge is 0.368 e. The van der Waals surface area contributed by atoms with E-state index in [0.29, 0.717) is 19.7 Å². The van der Waals surface area contributed by atoms with Gasteiger partial charge in [0, 0.05) is 38.3 Å². The molecule has 1 amide bonds. The molecule has 142 valence electrons. The first-order valence-corrected chi connectivity index (χ1v) is 9.68. The maximum Gasteiger partial charge on any atom is 0.251 e. The zero-order valence-corrected chi connectivity index (χ0v) is 16.0. The Morgan fingerprint density at radius 2 is 1.89 bits per heavy atom. The Bertz CT molecular complexity index is 807. The number of benzene rings is 1. The van der Waals surface area contributed by atoms with Gasteiger partial charge in [-0.3, -0.25) is 4.79 Å². The summed E-state index contributed by atoms with van der Waals surface area (Å²) in [6, 6.07) is 10.4. The number of ether oxygens (including phenoxy) is 1. The predicted octanol–water partition coefficient (Wildman–Crippen LogP) is 2.59. The summed E-state index contributed by atoms with van der Waals surface area (Å²) >= 11 is 0. The summed E-state index contributed by atoms with van der Waals surface area (Å²) in [4.78, 5) is 16.6. The first-order chi connectivity index (χ1) is 13.1. The highest BCUT2D eigenvalue weighted by Gasteiger charge is 2.30. The van der Waals surface area contributed by atoms with Crippen molar-refractivity contribution in [2.24, 2.45) is 0 Å². The number of anilines is 1. The van der Waals surface area contributed by atoms with Gasteiger partial charge in [-0.05, 0) is 44.4 Å². The monoisotopic (exact) mass is 366 g/mol. The second-order valence-electron chi connectivity index (χ2n) is 7.41. The zero-order valence-electron chi connectivity index (χ0n) is 16.0. The van der Waals surface area contributed by atoms with Crippen molar-refractivity contribution in [2.75, 3.05) is 37.7 Å². The number of amides is 1. The van der Waals surface area contributed by atoms with Crippen LogP contribution in [0.25, 0.3) is 11.3 Å². The number of hydrogen-bond acceptors (Lipinski definition) is 5. The Morgan fingerprint density at radius 3 is 2.52 bits per heavy atom. The molecule has 1 atom stereocenters. The fraction of sp³-hybridized carbons (Fsp3) is 0.476. The first-order valence-electron chi connectivity index (χ1n) is 9.68. The Morgan fingerprint density at radius 1 is 1.07 bits per heavy atom. The van der Waals surface area contributed by atoms with E-state index in [1.54, 1.807) is 0 Å². The first kappa shape index (κ1) is 17.9. The molecule has 1 unspecified atom stereocenters. The number of hydrogen-bond donors (Lipinski definition) is 0. The molecule has 1 aromatic heterocycles. The summed E-state index contributed by atoms with van der Waals surface area (Å²) in [5.74, 6) is 1.01. The molecule has 2 aliphatic heterocycles. The van der Waals surface area contributed by atoms with E-state index >= 15 is 0 Å². The van der Waals surface area contributed by atoms with Crippen molar-refractivity contribution in [1.29, 1.82) is 0 Å². The lowest BCUT2D eigenvalue weighted by atomic mass is 10.0. The van der Waals surface area contributed by atoms with Crippen molar-refractivity contribution >= 4 is 11.7 Å². The van der Waals surface area contributed by atoms with Gasteiger partial charge in [-0.1, -0.05) is 23.8 Å². The topological polar surface area (TPSA) is 58.6 Å². The summed E-state index contributed by atoms with van der Waals surface area (Å²) in [5, 5.41) is 8.88. The highest BCUT2D eigenvalue weighted by molar-refractivity contribution is 5.81. The predicted molar refractivity (Wildman–Crippen MR) is 105 cm³/mol. The summed E-state index contributed by atoms with van der Waals surface area (Å²) in [5.41, 5.74) is 4.46. The van der Waals surface area contributed by atoms with Gasteiger partial charge in [-0.15, -0.1) is 10.2 Å². The van der Waals surface area contributed by atoms with Crippen LogP contribution in [0.1, 0.15) is 24.0 Å². The van der Waals surface area contributed by atoms with Crippen molar-refractivity contribution in [2.45, 2.75) is 32.8 Å². The van der Waals surface area contributed by atoms with Gasteiger partial charge < -0.3 is 14.5 Å². The molecule has 2 aromatic rings. The Balaban J connectivity index is 1.39. The number of rotatable bonds is 3. The molecule has 0 aliphatic carbocycles. The van der Waals surface area contributed by atoms with Crippen LogP contribution in [0.15, 0.2) is 30.3 Å². The normalized spacial score (nSPS) is 20.1. The molecule has 2 aliphatic rings. The molecule has 0 bridgehead atoms. The van der Waals surface area contributed by atoms with Crippen LogP contribution in [0, 0.1) is 13.8 Å². The van der Waals surface area contributed by atoms with Crippen molar-refractivity contribution in [3.05, 3.63) is 41.5 Å². The highest BCUT2D eigenvalue weighted by atomic mass is 16.5. The fourth-order valence-electron chi connectivity index (χ4n) is 3.87. The van der Waals surface area contributed by atoms with Crippen LogP contribution in [0.3, 0.4) is 0 Å². The lowest BCUT2D eigenvalue weighted by molar-refractivity contribution is -0.141. The molecule has 2 fully saturated rings. The van der Waals surface area contributed by atoms with Crippen LogP contribution in [0.2, 0.25) is 0 Å². The van der Waals surface area contributed by atoms with Crippen LogP contribution >= 0.6 is 0 Å². The molecule has 0 spiro atoms. The van der Waals surface area contributed by atoms with Gasteiger partial charge in [-0.25, -0.2) is 0 Å². The average Bonchev–Trinajstić information content (AvgIpc) is 3.23. The number of nitrogens with zero attached hydrogens (tertiary/aromatic N) is 4.